The van der Waals surface area contributed by atoms with Gasteiger partial charge in [0, 0.05) is 29.1 Å². The summed E-state index contributed by atoms with van der Waals surface area (Å²) in [5.41, 5.74) is 1.94. The molecule has 4 aromatic rings. The molecule has 2 aliphatic heterocycles. The lowest BCUT2D eigenvalue weighted by Gasteiger charge is -2.44. The zero-order valence-electron chi connectivity index (χ0n) is 24.8. The van der Waals surface area contributed by atoms with Crippen LogP contribution in [0, 0.1) is 6.92 Å². The highest BCUT2D eigenvalue weighted by Crippen LogP contribution is 2.52. The van der Waals surface area contributed by atoms with Crippen molar-refractivity contribution in [1.82, 2.24) is 19.6 Å². The predicted octanol–water partition coefficient (Wildman–Crippen LogP) is 4.55. The number of aliphatic hydroxyl groups excluding tert-OH is 1. The summed E-state index contributed by atoms with van der Waals surface area (Å²) in [6.07, 6.45) is 3.82. The van der Waals surface area contributed by atoms with Crippen molar-refractivity contribution >= 4 is 24.7 Å². The van der Waals surface area contributed by atoms with Gasteiger partial charge in [0.05, 0.1) is 37.5 Å². The van der Waals surface area contributed by atoms with Crippen LogP contribution in [0.15, 0.2) is 65.9 Å². The lowest BCUT2D eigenvalue weighted by molar-refractivity contribution is -0.225. The number of benzene rings is 1. The van der Waals surface area contributed by atoms with E-state index in [9.17, 15) is 14.5 Å². The molecule has 1 spiro atoms. The first-order chi connectivity index (χ1) is 21.1. The lowest BCUT2D eigenvalue weighted by Crippen LogP contribution is -2.56. The van der Waals surface area contributed by atoms with Crippen LogP contribution in [0.4, 0.5) is 0 Å². The number of aryl methyl sites for hydroxylation is 1. The van der Waals surface area contributed by atoms with Gasteiger partial charge >= 0.3 is 13.7 Å². The summed E-state index contributed by atoms with van der Waals surface area (Å²) in [6, 6.07) is 9.26. The fourth-order valence-electron chi connectivity index (χ4n) is 5.57. The Balaban J connectivity index is 1.28. The van der Waals surface area contributed by atoms with Gasteiger partial charge in [-0.3, -0.25) is 9.32 Å². The molecule has 0 saturated carbocycles. The maximum Gasteiger partial charge on any atom is 0.459 e. The van der Waals surface area contributed by atoms with Crippen molar-refractivity contribution in [3.8, 4) is 16.9 Å². The molecule has 44 heavy (non-hydrogen) atoms. The van der Waals surface area contributed by atoms with Crippen LogP contribution < -0.4 is 9.61 Å². The van der Waals surface area contributed by atoms with Crippen molar-refractivity contribution < 1.29 is 42.1 Å². The molecule has 2 N–H and O–H groups in total. The number of carbonyl (C=O) groups excluding carboxylic acids is 1. The minimum Gasteiger partial charge on any atom is -0.472 e. The highest BCUT2D eigenvalue weighted by Gasteiger charge is 2.62. The maximum absolute atomic E-state index is 14.0. The van der Waals surface area contributed by atoms with E-state index < -0.39 is 43.8 Å². The van der Waals surface area contributed by atoms with Crippen LogP contribution in [0.5, 0.6) is 5.75 Å². The van der Waals surface area contributed by atoms with E-state index in [1.165, 1.54) is 13.3 Å². The number of esters is 1. The Hall–Kier alpha value is -3.58. The number of furan rings is 1. The fourth-order valence-corrected chi connectivity index (χ4v) is 7.07. The third-order valence-corrected chi connectivity index (χ3v) is 9.40. The number of nitrogens with one attached hydrogen (secondary N) is 1. The zero-order chi connectivity index (χ0) is 31.1. The summed E-state index contributed by atoms with van der Waals surface area (Å²) in [4.78, 5) is 21.5. The number of fused-ring (bicyclic) bond motifs is 1. The number of aliphatic hydroxyl groups is 1. The number of carbonyl (C=O) groups is 1. The van der Waals surface area contributed by atoms with Crippen LogP contribution in [0.2, 0.25) is 0 Å². The minimum atomic E-state index is -4.19. The van der Waals surface area contributed by atoms with E-state index in [-0.39, 0.29) is 18.5 Å². The van der Waals surface area contributed by atoms with Crippen molar-refractivity contribution in [2.24, 2.45) is 0 Å². The average Bonchev–Trinajstić information content (AvgIpc) is 3.68. The van der Waals surface area contributed by atoms with Gasteiger partial charge in [-0.1, -0.05) is 18.2 Å². The monoisotopic (exact) mass is 626 g/mol. The molecule has 0 bridgehead atoms. The molecule has 0 amide bonds. The average molecular weight is 627 g/mol. The van der Waals surface area contributed by atoms with Gasteiger partial charge in [0.2, 0.25) is 0 Å². The van der Waals surface area contributed by atoms with Crippen LogP contribution in [0.1, 0.15) is 39.1 Å². The number of ether oxygens (including phenoxy) is 3. The van der Waals surface area contributed by atoms with E-state index in [2.05, 4.69) is 15.1 Å². The van der Waals surface area contributed by atoms with Crippen molar-refractivity contribution in [3.05, 3.63) is 67.1 Å². The smallest absolute Gasteiger partial charge is 0.459 e. The van der Waals surface area contributed by atoms with Crippen molar-refractivity contribution in [2.75, 3.05) is 13.2 Å². The number of aromatic nitrogens is 3. The van der Waals surface area contributed by atoms with Crippen LogP contribution in [0.3, 0.4) is 0 Å². The number of nitrogens with zero attached hydrogens (tertiary/aromatic N) is 3. The van der Waals surface area contributed by atoms with E-state index in [4.69, 9.17) is 27.7 Å². The van der Waals surface area contributed by atoms with E-state index in [1.807, 2.05) is 23.8 Å². The van der Waals surface area contributed by atoms with Crippen LogP contribution in [0.25, 0.3) is 22.2 Å². The summed E-state index contributed by atoms with van der Waals surface area (Å²) in [7, 11) is -4.19. The maximum atomic E-state index is 14.0. The van der Waals surface area contributed by atoms with Crippen LogP contribution >= 0.6 is 7.75 Å². The second kappa shape index (κ2) is 12.1. The summed E-state index contributed by atoms with van der Waals surface area (Å²) < 4.78 is 50.5. The first-order valence-corrected chi connectivity index (χ1v) is 15.9. The number of rotatable bonds is 11. The Labute approximate surface area is 254 Å². The van der Waals surface area contributed by atoms with Crippen molar-refractivity contribution in [2.45, 2.75) is 70.3 Å². The molecule has 5 heterocycles. The third-order valence-electron chi connectivity index (χ3n) is 7.76. The fraction of sp³-hybridized carbons (Fsp3) is 0.433. The molecule has 3 aromatic heterocycles. The predicted molar refractivity (Wildman–Crippen MR) is 158 cm³/mol. The van der Waals surface area contributed by atoms with Gasteiger partial charge in [0.1, 0.15) is 41.6 Å². The second-order valence-corrected chi connectivity index (χ2v) is 12.9. The molecule has 0 radical (unpaired) electrons. The molecule has 6 rings (SSSR count). The Morgan fingerprint density at radius 1 is 1.23 bits per heavy atom. The van der Waals surface area contributed by atoms with Gasteiger partial charge in [0.25, 0.3) is 0 Å². The second-order valence-electron chi connectivity index (χ2n) is 11.2. The first-order valence-electron chi connectivity index (χ1n) is 14.4. The SMILES string of the molecule is Cc1ncnc2c1c(-c1ccoc1)cn2[C@@H]1O[C@H](COP(=O)(N[C@@H](C)C(=O)OC(C)C)Oc2ccccc2)[C@@H](O)[C@]12CCO2. The summed E-state index contributed by atoms with van der Waals surface area (Å²) in [6.45, 7) is 6.92. The summed E-state index contributed by atoms with van der Waals surface area (Å²) in [5, 5.41) is 15.0. The third kappa shape index (κ3) is 5.67. The number of hydrogen-bond donors (Lipinski definition) is 2. The molecule has 1 aromatic carbocycles. The van der Waals surface area contributed by atoms with Crippen LogP contribution in [-0.2, 0) is 28.1 Å². The molecule has 2 aliphatic rings. The van der Waals surface area contributed by atoms with Gasteiger partial charge in [-0.25, -0.2) is 14.5 Å². The molecule has 6 atom stereocenters. The molecule has 13 nitrogen and oxygen atoms in total. The first kappa shape index (κ1) is 30.4. The minimum absolute atomic E-state index is 0.262. The molecule has 0 aliphatic carbocycles. The molecular formula is C30H35N4O9P. The standard InChI is InChI=1S/C30H35N4O9P/c1-18(2)41-28(36)20(4)33-44(37,43-22-8-6-5-7-9-22)40-16-24-26(35)30(11-13-39-30)29(42-24)34-14-23(21-10-12-38-15-21)25-19(3)31-17-32-27(25)34/h5-10,12,14-15,17-18,20,24,26,29,35H,11,13,16H2,1-4H3,(H,33,37)/t20-,24+,26+,29+,30+,44?/m0/s1. The number of hydrogen-bond acceptors (Lipinski definition) is 11. The summed E-state index contributed by atoms with van der Waals surface area (Å²) >= 11 is 0. The van der Waals surface area contributed by atoms with Gasteiger partial charge in [-0.2, -0.15) is 5.09 Å². The molecular weight excluding hydrogens is 591 g/mol. The Kier molecular flexibility index (Phi) is 8.35. The van der Waals surface area contributed by atoms with Crippen molar-refractivity contribution in [3.63, 3.8) is 0 Å². The Bertz CT molecular complexity index is 1660. The topological polar surface area (TPSA) is 156 Å². The molecule has 2 fully saturated rings. The highest BCUT2D eigenvalue weighted by atomic mass is 31.2. The largest absolute Gasteiger partial charge is 0.472 e. The van der Waals surface area contributed by atoms with E-state index in [0.29, 0.717) is 18.7 Å². The van der Waals surface area contributed by atoms with Crippen LogP contribution in [-0.4, -0.2) is 68.8 Å². The molecule has 2 saturated heterocycles. The quantitative estimate of drug-likeness (QED) is 0.177. The Morgan fingerprint density at radius 3 is 2.66 bits per heavy atom. The van der Waals surface area contributed by atoms with Gasteiger partial charge < -0.3 is 32.8 Å². The van der Waals surface area contributed by atoms with E-state index >= 15 is 0 Å². The normalized spacial score (nSPS) is 25.2. The number of para-hydroxylation sites is 1. The summed E-state index contributed by atoms with van der Waals surface area (Å²) in [5.74, 6) is -0.359. The molecule has 234 valence electrons. The molecule has 14 heteroatoms. The van der Waals surface area contributed by atoms with Crippen molar-refractivity contribution in [1.29, 1.82) is 0 Å². The zero-order valence-corrected chi connectivity index (χ0v) is 25.7. The van der Waals surface area contributed by atoms with E-state index in [0.717, 1.165) is 22.2 Å². The lowest BCUT2D eigenvalue weighted by atomic mass is 9.86. The van der Waals surface area contributed by atoms with Gasteiger partial charge in [-0.15, -0.1) is 0 Å². The van der Waals surface area contributed by atoms with Gasteiger partial charge in [0.15, 0.2) is 6.23 Å². The molecule has 1 unspecified atom stereocenters. The van der Waals surface area contributed by atoms with E-state index in [1.54, 1.807) is 56.7 Å². The van der Waals surface area contributed by atoms with Gasteiger partial charge in [-0.05, 0) is 45.9 Å². The Morgan fingerprint density at radius 2 is 2.00 bits per heavy atom. The highest BCUT2D eigenvalue weighted by molar-refractivity contribution is 7.52.